The number of amides is 2. The average Bonchev–Trinajstić information content (AvgIpc) is 3.24. The number of hydrogen-bond acceptors (Lipinski definition) is 6. The molecular formula is C25H14ClNO6. The predicted octanol–water partition coefficient (Wildman–Crippen LogP) is 4.16. The zero-order valence-electron chi connectivity index (χ0n) is 16.9. The van der Waals surface area contributed by atoms with Gasteiger partial charge in [-0.1, -0.05) is 41.9 Å². The summed E-state index contributed by atoms with van der Waals surface area (Å²) in [6, 6.07) is 17.7. The van der Waals surface area contributed by atoms with Gasteiger partial charge in [-0.25, -0.2) is 4.79 Å². The summed E-state index contributed by atoms with van der Waals surface area (Å²) in [5.41, 5.74) is 1.44. The highest BCUT2D eigenvalue weighted by Gasteiger charge is 2.37. The van der Waals surface area contributed by atoms with Crippen molar-refractivity contribution in [3.63, 3.8) is 0 Å². The third-order valence-electron chi connectivity index (χ3n) is 5.23. The molecule has 0 spiro atoms. The highest BCUT2D eigenvalue weighted by molar-refractivity contribution is 6.32. The average molecular weight is 460 g/mol. The first-order chi connectivity index (χ1) is 15.9. The Labute approximate surface area is 192 Å². The molecule has 5 rings (SSSR count). The number of nitrogens with zero attached hydrogens (tertiary/aromatic N) is 1. The largest absolute Gasteiger partial charge is 0.452 e. The van der Waals surface area contributed by atoms with Gasteiger partial charge in [-0.05, 0) is 42.0 Å². The summed E-state index contributed by atoms with van der Waals surface area (Å²) in [7, 11) is 0. The number of hydrogen-bond donors (Lipinski definition) is 0. The molecule has 3 aromatic carbocycles. The third-order valence-corrected chi connectivity index (χ3v) is 5.57. The summed E-state index contributed by atoms with van der Waals surface area (Å²) in [5.74, 6) is -1.80. The van der Waals surface area contributed by atoms with Gasteiger partial charge in [0.05, 0.1) is 16.7 Å². The number of imide groups is 1. The molecule has 2 aliphatic heterocycles. The van der Waals surface area contributed by atoms with Crippen LogP contribution in [-0.4, -0.2) is 35.0 Å². The molecular weight excluding hydrogens is 446 g/mol. The Kier molecular flexibility index (Phi) is 5.03. The van der Waals surface area contributed by atoms with Gasteiger partial charge in [-0.2, -0.15) is 0 Å². The minimum atomic E-state index is -0.805. The standard InChI is InChI=1S/C25H14ClNO6/c26-19-8-4-1-5-14(19)11-21-23(29)18-10-9-15(12-20(18)33-21)32-22(28)13-27-24(30)16-6-2-3-7-17(16)25(27)31/h1-12H,13H2. The fourth-order valence-corrected chi connectivity index (χ4v) is 3.83. The van der Waals surface area contributed by atoms with E-state index in [1.54, 1.807) is 42.5 Å². The van der Waals surface area contributed by atoms with Crippen molar-refractivity contribution in [1.29, 1.82) is 0 Å². The number of carbonyl (C=O) groups excluding carboxylic acids is 4. The van der Waals surface area contributed by atoms with E-state index in [0.717, 1.165) is 4.90 Å². The fourth-order valence-electron chi connectivity index (χ4n) is 3.64. The minimum absolute atomic E-state index is 0.0904. The number of halogens is 1. The van der Waals surface area contributed by atoms with E-state index in [0.29, 0.717) is 16.1 Å². The molecule has 3 aromatic rings. The molecule has 0 N–H and O–H groups in total. The Morgan fingerprint density at radius 1 is 0.909 bits per heavy atom. The molecule has 33 heavy (non-hydrogen) atoms. The fraction of sp³-hybridized carbons (Fsp3) is 0.0400. The molecule has 0 fully saturated rings. The monoisotopic (exact) mass is 459 g/mol. The van der Waals surface area contributed by atoms with Crippen molar-refractivity contribution in [2.45, 2.75) is 0 Å². The molecule has 0 saturated heterocycles. The lowest BCUT2D eigenvalue weighted by Crippen LogP contribution is -2.36. The molecule has 7 nitrogen and oxygen atoms in total. The van der Waals surface area contributed by atoms with Crippen molar-refractivity contribution < 1.29 is 28.7 Å². The number of carbonyl (C=O) groups is 4. The Balaban J connectivity index is 1.30. The zero-order valence-corrected chi connectivity index (χ0v) is 17.7. The van der Waals surface area contributed by atoms with Crippen LogP contribution in [0.25, 0.3) is 6.08 Å². The number of benzene rings is 3. The highest BCUT2D eigenvalue weighted by Crippen LogP contribution is 2.35. The second kappa shape index (κ2) is 8.03. The van der Waals surface area contributed by atoms with Crippen LogP contribution in [0.2, 0.25) is 5.02 Å². The van der Waals surface area contributed by atoms with Gasteiger partial charge in [-0.3, -0.25) is 19.3 Å². The minimum Gasteiger partial charge on any atom is -0.452 e. The molecule has 2 aliphatic rings. The molecule has 0 radical (unpaired) electrons. The summed E-state index contributed by atoms with van der Waals surface area (Å²) in [6.07, 6.45) is 1.54. The molecule has 0 atom stereocenters. The van der Waals surface area contributed by atoms with Gasteiger partial charge >= 0.3 is 5.97 Å². The molecule has 0 unspecified atom stereocenters. The first-order valence-corrected chi connectivity index (χ1v) is 10.3. The number of rotatable bonds is 4. The van der Waals surface area contributed by atoms with E-state index < -0.39 is 24.3 Å². The van der Waals surface area contributed by atoms with Crippen molar-refractivity contribution in [3.8, 4) is 11.5 Å². The third kappa shape index (κ3) is 3.68. The Morgan fingerprint density at radius 2 is 1.58 bits per heavy atom. The van der Waals surface area contributed by atoms with Gasteiger partial charge in [0.2, 0.25) is 5.78 Å². The number of esters is 1. The summed E-state index contributed by atoms with van der Waals surface area (Å²) in [6.45, 7) is -0.541. The molecule has 162 valence electrons. The van der Waals surface area contributed by atoms with Crippen LogP contribution in [0.15, 0.2) is 72.5 Å². The van der Waals surface area contributed by atoms with Crippen molar-refractivity contribution >= 4 is 41.2 Å². The van der Waals surface area contributed by atoms with Gasteiger partial charge in [-0.15, -0.1) is 0 Å². The summed E-state index contributed by atoms with van der Waals surface area (Å²) in [5, 5.41) is 0.472. The number of ketones is 1. The Bertz CT molecular complexity index is 1360. The summed E-state index contributed by atoms with van der Waals surface area (Å²) >= 11 is 6.14. The zero-order chi connectivity index (χ0) is 23.1. The highest BCUT2D eigenvalue weighted by atomic mass is 35.5. The first kappa shape index (κ1) is 20.7. The van der Waals surface area contributed by atoms with E-state index in [1.165, 1.54) is 30.3 Å². The molecule has 2 amide bonds. The molecule has 0 aromatic heterocycles. The number of Topliss-reactive ketones (excluding diaryl/α,β-unsaturated/α-hetero) is 1. The summed E-state index contributed by atoms with van der Waals surface area (Å²) < 4.78 is 10.9. The molecule has 8 heteroatoms. The quantitative estimate of drug-likeness (QED) is 0.252. The van der Waals surface area contributed by atoms with Crippen LogP contribution in [0.3, 0.4) is 0 Å². The van der Waals surface area contributed by atoms with Crippen LogP contribution in [0.5, 0.6) is 11.5 Å². The second-order valence-corrected chi connectivity index (χ2v) is 7.74. The number of fused-ring (bicyclic) bond motifs is 2. The van der Waals surface area contributed by atoms with Gasteiger partial charge in [0.15, 0.2) is 5.76 Å². The molecule has 0 bridgehead atoms. The van der Waals surface area contributed by atoms with Crippen molar-refractivity contribution in [2.24, 2.45) is 0 Å². The molecule has 2 heterocycles. The maximum atomic E-state index is 12.6. The lowest BCUT2D eigenvalue weighted by Gasteiger charge is -2.13. The lowest BCUT2D eigenvalue weighted by molar-refractivity contribution is -0.134. The number of ether oxygens (including phenoxy) is 2. The van der Waals surface area contributed by atoms with Crippen molar-refractivity contribution in [3.05, 3.63) is 99.8 Å². The smallest absolute Gasteiger partial charge is 0.331 e. The SMILES string of the molecule is O=C(CN1C(=O)c2ccccc2C1=O)Oc1ccc2c(c1)OC(=Cc1ccccc1Cl)C2=O. The van der Waals surface area contributed by atoms with Gasteiger partial charge < -0.3 is 9.47 Å². The Morgan fingerprint density at radius 3 is 2.27 bits per heavy atom. The summed E-state index contributed by atoms with van der Waals surface area (Å²) in [4.78, 5) is 50.7. The van der Waals surface area contributed by atoms with E-state index in [2.05, 4.69) is 0 Å². The van der Waals surface area contributed by atoms with E-state index in [-0.39, 0.29) is 34.2 Å². The predicted molar refractivity (Wildman–Crippen MR) is 118 cm³/mol. The van der Waals surface area contributed by atoms with Crippen LogP contribution < -0.4 is 9.47 Å². The van der Waals surface area contributed by atoms with Gasteiger partial charge in [0.25, 0.3) is 11.8 Å². The van der Waals surface area contributed by atoms with Gasteiger partial charge in [0.1, 0.15) is 18.0 Å². The maximum absolute atomic E-state index is 12.6. The lowest BCUT2D eigenvalue weighted by atomic mass is 10.1. The Hall–Kier alpha value is -4.23. The van der Waals surface area contributed by atoms with Crippen molar-refractivity contribution in [2.75, 3.05) is 6.54 Å². The van der Waals surface area contributed by atoms with E-state index in [1.807, 2.05) is 0 Å². The van der Waals surface area contributed by atoms with Crippen LogP contribution in [0.4, 0.5) is 0 Å². The normalized spacial score (nSPS) is 15.5. The maximum Gasteiger partial charge on any atom is 0.331 e. The topological polar surface area (TPSA) is 90.0 Å². The van der Waals surface area contributed by atoms with Crippen molar-refractivity contribution in [1.82, 2.24) is 4.90 Å². The second-order valence-electron chi connectivity index (χ2n) is 7.34. The van der Waals surface area contributed by atoms with Crippen LogP contribution >= 0.6 is 11.6 Å². The molecule has 0 saturated carbocycles. The van der Waals surface area contributed by atoms with Crippen LogP contribution in [-0.2, 0) is 4.79 Å². The van der Waals surface area contributed by atoms with E-state index in [4.69, 9.17) is 21.1 Å². The molecule has 0 aliphatic carbocycles. The van der Waals surface area contributed by atoms with Crippen LogP contribution in [0.1, 0.15) is 36.6 Å². The van der Waals surface area contributed by atoms with E-state index >= 15 is 0 Å². The van der Waals surface area contributed by atoms with E-state index in [9.17, 15) is 19.2 Å². The van der Waals surface area contributed by atoms with Crippen LogP contribution in [0, 0.1) is 0 Å². The first-order valence-electron chi connectivity index (χ1n) is 9.91. The number of allylic oxidation sites excluding steroid dienone is 1. The van der Waals surface area contributed by atoms with Gasteiger partial charge in [0, 0.05) is 11.1 Å².